The van der Waals surface area contributed by atoms with Crippen LogP contribution in [0.5, 0.6) is 5.75 Å². The van der Waals surface area contributed by atoms with Crippen LogP contribution in [0.4, 0.5) is 0 Å². The zero-order valence-electron chi connectivity index (χ0n) is 17.4. The van der Waals surface area contributed by atoms with Gasteiger partial charge >= 0.3 is 0 Å². The van der Waals surface area contributed by atoms with Gasteiger partial charge in [0.25, 0.3) is 5.56 Å². The van der Waals surface area contributed by atoms with Gasteiger partial charge in [-0.1, -0.05) is 75.4 Å². The minimum absolute atomic E-state index is 0. The Labute approximate surface area is 193 Å². The van der Waals surface area contributed by atoms with Crippen LogP contribution in [-0.4, -0.2) is 14.9 Å². The van der Waals surface area contributed by atoms with Crippen molar-refractivity contribution < 1.29 is 37.8 Å². The first kappa shape index (κ1) is 26.2. The van der Waals surface area contributed by atoms with Crippen LogP contribution in [0.25, 0.3) is 11.1 Å². The van der Waals surface area contributed by atoms with E-state index in [0.717, 1.165) is 16.7 Å². The van der Waals surface area contributed by atoms with E-state index in [1.807, 2.05) is 82.3 Å². The van der Waals surface area contributed by atoms with Crippen LogP contribution in [0, 0.1) is 14.4 Å². The molecule has 0 spiro atoms. The number of benzene rings is 2. The molecule has 2 aromatic carbocycles. The van der Waals surface area contributed by atoms with E-state index in [2.05, 4.69) is 5.10 Å². The summed E-state index contributed by atoms with van der Waals surface area (Å²) in [5.74, 6) is -0.0129. The third kappa shape index (κ3) is 5.86. The zero-order valence-corrected chi connectivity index (χ0v) is 20.3. The van der Waals surface area contributed by atoms with E-state index in [9.17, 15) is 9.90 Å². The van der Waals surface area contributed by atoms with Crippen molar-refractivity contribution in [3.63, 3.8) is 0 Å². The molecule has 0 unspecified atom stereocenters. The number of nitrogens with zero attached hydrogens (tertiary/aromatic N) is 2. The normalized spacial score (nSPS) is 9.43. The van der Waals surface area contributed by atoms with E-state index < -0.39 is 0 Å². The smallest absolute Gasteiger partial charge is 0.278 e. The summed E-state index contributed by atoms with van der Waals surface area (Å²) in [6.45, 7) is 8.23. The number of aromatic hydroxyl groups is 1. The second-order valence-corrected chi connectivity index (χ2v) is 5.79. The second-order valence-electron chi connectivity index (χ2n) is 5.79. The Morgan fingerprint density at radius 2 is 1.57 bits per heavy atom. The molecule has 4 nitrogen and oxygen atoms in total. The van der Waals surface area contributed by atoms with Crippen molar-refractivity contribution in [1.82, 2.24) is 9.78 Å². The summed E-state index contributed by atoms with van der Waals surface area (Å²) in [6, 6.07) is 17.3. The maximum atomic E-state index is 13.0. The summed E-state index contributed by atoms with van der Waals surface area (Å²) in [7, 11) is 0. The molecule has 0 saturated heterocycles. The molecule has 1 N–H and O–H groups in total. The molecule has 3 rings (SSSR count). The fraction of sp³-hybridized carbons (Fsp3) is 0.261. The van der Waals surface area contributed by atoms with E-state index in [0.29, 0.717) is 24.2 Å². The Balaban J connectivity index is 0.00000177. The SMILES string of the molecule is CC.CCc1nn(Cc2ccccc2)c(=O)c(-c2ccccc2C)c1O.[CH3-].[Y]. The number of aryl methyl sites for hydroxylation is 2. The molecule has 147 valence electrons. The van der Waals surface area contributed by atoms with Gasteiger partial charge in [0.2, 0.25) is 0 Å². The summed E-state index contributed by atoms with van der Waals surface area (Å²) in [4.78, 5) is 13.0. The molecule has 0 amide bonds. The quantitative estimate of drug-likeness (QED) is 0.564. The molecule has 5 heteroatoms. The summed E-state index contributed by atoms with van der Waals surface area (Å²) in [6.07, 6.45) is 0.555. The van der Waals surface area contributed by atoms with Gasteiger partial charge in [-0.3, -0.25) is 4.79 Å². The molecule has 1 heterocycles. The zero-order chi connectivity index (χ0) is 19.1. The molecule has 0 aliphatic carbocycles. The summed E-state index contributed by atoms with van der Waals surface area (Å²) in [5, 5.41) is 14.9. The Hall–Kier alpha value is -1.78. The monoisotopic (exact) mass is 454 g/mol. The van der Waals surface area contributed by atoms with Gasteiger partial charge < -0.3 is 12.5 Å². The number of rotatable bonds is 4. The van der Waals surface area contributed by atoms with Crippen LogP contribution < -0.4 is 5.56 Å². The van der Waals surface area contributed by atoms with Crippen LogP contribution in [0.15, 0.2) is 59.4 Å². The van der Waals surface area contributed by atoms with Gasteiger partial charge in [-0.2, -0.15) is 5.10 Å². The molecule has 1 radical (unpaired) electrons. The average Bonchev–Trinajstić information content (AvgIpc) is 2.68. The van der Waals surface area contributed by atoms with Crippen LogP contribution in [0.2, 0.25) is 0 Å². The van der Waals surface area contributed by atoms with Crippen molar-refractivity contribution in [2.45, 2.75) is 40.7 Å². The fourth-order valence-corrected chi connectivity index (χ4v) is 2.81. The number of hydrogen-bond donors (Lipinski definition) is 1. The Morgan fingerprint density at radius 1 is 1.00 bits per heavy atom. The van der Waals surface area contributed by atoms with Crippen LogP contribution in [0.1, 0.15) is 37.6 Å². The van der Waals surface area contributed by atoms with Crippen molar-refractivity contribution in [3.8, 4) is 16.9 Å². The molecule has 1 aromatic heterocycles. The maximum Gasteiger partial charge on any atom is 0.278 e. The first-order valence-corrected chi connectivity index (χ1v) is 9.04. The fourth-order valence-electron chi connectivity index (χ4n) is 2.81. The first-order valence-electron chi connectivity index (χ1n) is 9.04. The third-order valence-electron chi connectivity index (χ3n) is 4.12. The second kappa shape index (κ2) is 12.6. The third-order valence-corrected chi connectivity index (χ3v) is 4.12. The van der Waals surface area contributed by atoms with Crippen LogP contribution in [0.3, 0.4) is 0 Å². The van der Waals surface area contributed by atoms with Crippen molar-refractivity contribution in [2.24, 2.45) is 0 Å². The molecular weight excluding hydrogens is 425 g/mol. The van der Waals surface area contributed by atoms with Crippen LogP contribution >= 0.6 is 0 Å². The van der Waals surface area contributed by atoms with Crippen molar-refractivity contribution in [2.75, 3.05) is 0 Å². The maximum absolute atomic E-state index is 13.0. The minimum atomic E-state index is -0.275. The van der Waals surface area contributed by atoms with Gasteiger partial charge in [-0.05, 0) is 30.0 Å². The molecule has 28 heavy (non-hydrogen) atoms. The first-order chi connectivity index (χ1) is 12.6. The molecule has 0 saturated carbocycles. The number of hydrogen-bond acceptors (Lipinski definition) is 3. The molecular formula is C23H29N2O2Y-. The largest absolute Gasteiger partial charge is 0.505 e. The van der Waals surface area contributed by atoms with E-state index >= 15 is 0 Å². The summed E-state index contributed by atoms with van der Waals surface area (Å²) in [5.41, 5.74) is 3.28. The van der Waals surface area contributed by atoms with E-state index in [-0.39, 0.29) is 51.4 Å². The average molecular weight is 454 g/mol. The minimum Gasteiger partial charge on any atom is -0.505 e. The Bertz CT molecular complexity index is 922. The predicted molar refractivity (Wildman–Crippen MR) is 113 cm³/mol. The van der Waals surface area contributed by atoms with Crippen molar-refractivity contribution in [1.29, 1.82) is 0 Å². The van der Waals surface area contributed by atoms with Gasteiger partial charge in [-0.15, -0.1) is 0 Å². The standard InChI is InChI=1S/C20H20N2O2.C2H6.CH3.Y/c1-3-17-19(23)18(16-12-8-7-9-14(16)2)20(24)22(21-17)13-15-10-5-4-6-11-15;1-2;;/h4-12,23H,3,13H2,1-2H3;1-2H3;1H3;/q;;-1;. The Kier molecular flexibility index (Phi) is 11.8. The van der Waals surface area contributed by atoms with Crippen LogP contribution in [-0.2, 0) is 45.7 Å². The van der Waals surface area contributed by atoms with E-state index in [1.165, 1.54) is 4.68 Å². The van der Waals surface area contributed by atoms with Gasteiger partial charge in [0.1, 0.15) is 5.69 Å². The molecule has 0 fully saturated rings. The van der Waals surface area contributed by atoms with E-state index in [1.54, 1.807) is 0 Å². The van der Waals surface area contributed by atoms with Gasteiger partial charge in [0.15, 0.2) is 5.75 Å². The Morgan fingerprint density at radius 3 is 2.14 bits per heavy atom. The summed E-state index contributed by atoms with van der Waals surface area (Å²) < 4.78 is 1.44. The van der Waals surface area contributed by atoms with Gasteiger partial charge in [-0.25, -0.2) is 4.68 Å². The van der Waals surface area contributed by atoms with Crippen molar-refractivity contribution >= 4 is 0 Å². The molecule has 0 bridgehead atoms. The van der Waals surface area contributed by atoms with Crippen molar-refractivity contribution in [3.05, 3.63) is 89.2 Å². The molecule has 3 aromatic rings. The predicted octanol–water partition coefficient (Wildman–Crippen LogP) is 5.01. The van der Waals surface area contributed by atoms with Gasteiger partial charge in [0.05, 0.1) is 12.1 Å². The van der Waals surface area contributed by atoms with E-state index in [4.69, 9.17) is 0 Å². The molecule has 0 aliphatic rings. The summed E-state index contributed by atoms with van der Waals surface area (Å²) >= 11 is 0. The van der Waals surface area contributed by atoms with Gasteiger partial charge in [0, 0.05) is 32.7 Å². The number of aromatic nitrogens is 2. The molecule has 0 aliphatic heterocycles. The molecule has 0 atom stereocenters. The topological polar surface area (TPSA) is 55.1 Å².